The smallest absolute Gasteiger partial charge is 0.223 e. The molecule has 0 amide bonds. The predicted molar refractivity (Wildman–Crippen MR) is 66.0 cm³/mol. The first-order chi connectivity index (χ1) is 8.69. The number of β-amino-alcohol motifs (C(OH)–C–C–N with tert-alkyl or cyclic N) is 1. The van der Waals surface area contributed by atoms with E-state index in [-0.39, 0.29) is 6.10 Å². The van der Waals surface area contributed by atoms with Crippen LogP contribution in [0.15, 0.2) is 9.52 Å². The van der Waals surface area contributed by atoms with Gasteiger partial charge < -0.3 is 19.8 Å². The maximum absolute atomic E-state index is 9.54. The van der Waals surface area contributed by atoms with Crippen LogP contribution in [0.5, 0.6) is 0 Å². The highest BCUT2D eigenvalue weighted by atomic mass is 16.5. The number of aryl methyl sites for hydroxylation is 1. The molecule has 2 rings (SSSR count). The van der Waals surface area contributed by atoms with Gasteiger partial charge in [-0.1, -0.05) is 5.16 Å². The molecule has 7 heteroatoms. The van der Waals surface area contributed by atoms with Crippen molar-refractivity contribution in [3.8, 4) is 0 Å². The molecule has 1 aromatic rings. The van der Waals surface area contributed by atoms with Gasteiger partial charge in [-0.15, -0.1) is 0 Å². The summed E-state index contributed by atoms with van der Waals surface area (Å²) in [5.74, 6) is 1.90. The lowest BCUT2D eigenvalue weighted by Gasteiger charge is -2.20. The van der Waals surface area contributed by atoms with Crippen molar-refractivity contribution in [2.75, 3.05) is 19.6 Å². The third-order valence-electron chi connectivity index (χ3n) is 2.74. The Kier molecular flexibility index (Phi) is 4.14. The number of aliphatic imine (C=N–C) groups is 1. The third-order valence-corrected chi connectivity index (χ3v) is 2.74. The van der Waals surface area contributed by atoms with Gasteiger partial charge in [0.1, 0.15) is 6.54 Å². The molecule has 1 aliphatic heterocycles. The average molecular weight is 253 g/mol. The van der Waals surface area contributed by atoms with Crippen LogP contribution in [-0.4, -0.2) is 51.8 Å². The second-order valence-electron chi connectivity index (χ2n) is 4.29. The summed E-state index contributed by atoms with van der Waals surface area (Å²) in [5, 5.41) is 16.5. The standard InChI is InChI=1S/C11H19N5O2/c1-3-12-11(16-5-4-9(17)7-16)13-6-10-14-8(2)18-15-10/h9,17H,3-7H2,1-2H3,(H,12,13)/t9-/m1/s1. The van der Waals surface area contributed by atoms with Crippen molar-refractivity contribution in [2.45, 2.75) is 32.9 Å². The summed E-state index contributed by atoms with van der Waals surface area (Å²) in [5.41, 5.74) is 0. The average Bonchev–Trinajstić information content (AvgIpc) is 2.94. The number of aliphatic hydroxyl groups excluding tert-OH is 1. The fourth-order valence-corrected chi connectivity index (χ4v) is 1.91. The Morgan fingerprint density at radius 1 is 1.67 bits per heavy atom. The summed E-state index contributed by atoms with van der Waals surface area (Å²) in [6, 6.07) is 0. The van der Waals surface area contributed by atoms with Crippen molar-refractivity contribution in [3.63, 3.8) is 0 Å². The van der Waals surface area contributed by atoms with Crippen molar-refractivity contribution in [1.29, 1.82) is 0 Å². The van der Waals surface area contributed by atoms with Gasteiger partial charge in [-0.05, 0) is 13.3 Å². The molecular weight excluding hydrogens is 234 g/mol. The van der Waals surface area contributed by atoms with E-state index < -0.39 is 0 Å². The molecule has 100 valence electrons. The number of rotatable bonds is 3. The second kappa shape index (κ2) is 5.81. The summed E-state index contributed by atoms with van der Waals surface area (Å²) in [6.07, 6.45) is 0.521. The highest BCUT2D eigenvalue weighted by Crippen LogP contribution is 2.09. The Balaban J connectivity index is 2.00. The Bertz CT molecular complexity index is 417. The van der Waals surface area contributed by atoms with E-state index in [1.165, 1.54) is 0 Å². The fourth-order valence-electron chi connectivity index (χ4n) is 1.91. The number of hydrogen-bond acceptors (Lipinski definition) is 5. The summed E-state index contributed by atoms with van der Waals surface area (Å²) in [4.78, 5) is 10.6. The quantitative estimate of drug-likeness (QED) is 0.578. The zero-order valence-electron chi connectivity index (χ0n) is 10.8. The van der Waals surface area contributed by atoms with E-state index >= 15 is 0 Å². The first-order valence-electron chi connectivity index (χ1n) is 6.19. The Labute approximate surface area is 106 Å². The van der Waals surface area contributed by atoms with Gasteiger partial charge in [0.25, 0.3) is 0 Å². The zero-order chi connectivity index (χ0) is 13.0. The van der Waals surface area contributed by atoms with Crippen LogP contribution in [0.1, 0.15) is 25.1 Å². The van der Waals surface area contributed by atoms with Crippen LogP contribution in [-0.2, 0) is 6.54 Å². The molecule has 18 heavy (non-hydrogen) atoms. The lowest BCUT2D eigenvalue weighted by molar-refractivity contribution is 0.188. The molecule has 0 bridgehead atoms. The molecule has 2 heterocycles. The fraction of sp³-hybridized carbons (Fsp3) is 0.727. The number of nitrogens with one attached hydrogen (secondary N) is 1. The van der Waals surface area contributed by atoms with Crippen molar-refractivity contribution < 1.29 is 9.63 Å². The van der Waals surface area contributed by atoms with E-state index in [9.17, 15) is 5.11 Å². The van der Waals surface area contributed by atoms with E-state index in [0.29, 0.717) is 24.8 Å². The van der Waals surface area contributed by atoms with Crippen molar-refractivity contribution in [3.05, 3.63) is 11.7 Å². The summed E-state index contributed by atoms with van der Waals surface area (Å²) in [7, 11) is 0. The molecule has 0 aliphatic carbocycles. The van der Waals surface area contributed by atoms with E-state index in [0.717, 1.165) is 25.5 Å². The van der Waals surface area contributed by atoms with E-state index in [1.807, 2.05) is 11.8 Å². The van der Waals surface area contributed by atoms with Crippen LogP contribution < -0.4 is 5.32 Å². The molecule has 1 fully saturated rings. The van der Waals surface area contributed by atoms with Crippen LogP contribution in [0.4, 0.5) is 0 Å². The molecule has 1 aliphatic rings. The van der Waals surface area contributed by atoms with E-state index in [4.69, 9.17) is 4.52 Å². The summed E-state index contributed by atoms with van der Waals surface area (Å²) < 4.78 is 4.89. The highest BCUT2D eigenvalue weighted by Gasteiger charge is 2.22. The lowest BCUT2D eigenvalue weighted by atomic mass is 10.3. The molecule has 1 saturated heterocycles. The molecule has 0 saturated carbocycles. The van der Waals surface area contributed by atoms with Crippen molar-refractivity contribution >= 4 is 5.96 Å². The van der Waals surface area contributed by atoms with E-state index in [1.54, 1.807) is 6.92 Å². The number of hydrogen-bond donors (Lipinski definition) is 2. The normalized spacial score (nSPS) is 20.5. The Morgan fingerprint density at radius 2 is 2.50 bits per heavy atom. The maximum Gasteiger partial charge on any atom is 0.223 e. The van der Waals surface area contributed by atoms with Crippen molar-refractivity contribution in [2.24, 2.45) is 4.99 Å². The van der Waals surface area contributed by atoms with Crippen LogP contribution in [0.25, 0.3) is 0 Å². The zero-order valence-corrected chi connectivity index (χ0v) is 10.8. The third kappa shape index (κ3) is 3.19. The van der Waals surface area contributed by atoms with Crippen molar-refractivity contribution in [1.82, 2.24) is 20.4 Å². The molecule has 0 radical (unpaired) electrons. The lowest BCUT2D eigenvalue weighted by Crippen LogP contribution is -2.40. The minimum Gasteiger partial charge on any atom is -0.391 e. The van der Waals surface area contributed by atoms with Crippen LogP contribution in [0.2, 0.25) is 0 Å². The number of likely N-dealkylation sites (tertiary alicyclic amines) is 1. The number of guanidine groups is 1. The van der Waals surface area contributed by atoms with Gasteiger partial charge in [0.05, 0.1) is 6.10 Å². The number of aromatic nitrogens is 2. The van der Waals surface area contributed by atoms with Gasteiger partial charge in [-0.25, -0.2) is 4.99 Å². The minimum atomic E-state index is -0.263. The summed E-state index contributed by atoms with van der Waals surface area (Å²) in [6.45, 7) is 6.38. The largest absolute Gasteiger partial charge is 0.391 e. The molecule has 7 nitrogen and oxygen atoms in total. The topological polar surface area (TPSA) is 86.8 Å². The molecule has 0 unspecified atom stereocenters. The van der Waals surface area contributed by atoms with Crippen LogP contribution in [0, 0.1) is 6.92 Å². The first kappa shape index (κ1) is 12.8. The number of nitrogens with zero attached hydrogens (tertiary/aromatic N) is 4. The summed E-state index contributed by atoms with van der Waals surface area (Å²) >= 11 is 0. The van der Waals surface area contributed by atoms with Gasteiger partial charge in [0.15, 0.2) is 11.8 Å². The van der Waals surface area contributed by atoms with Gasteiger partial charge in [-0.2, -0.15) is 4.98 Å². The second-order valence-corrected chi connectivity index (χ2v) is 4.29. The van der Waals surface area contributed by atoms with Gasteiger partial charge in [0.2, 0.25) is 5.89 Å². The van der Waals surface area contributed by atoms with Gasteiger partial charge >= 0.3 is 0 Å². The van der Waals surface area contributed by atoms with Crippen LogP contribution in [0.3, 0.4) is 0 Å². The highest BCUT2D eigenvalue weighted by molar-refractivity contribution is 5.80. The maximum atomic E-state index is 9.54. The minimum absolute atomic E-state index is 0.263. The molecule has 0 aromatic carbocycles. The SMILES string of the molecule is CCNC(=NCc1noc(C)n1)N1CC[C@@H](O)C1. The predicted octanol–water partition coefficient (Wildman–Crippen LogP) is -0.0899. The Morgan fingerprint density at radius 3 is 3.06 bits per heavy atom. The molecule has 1 atom stereocenters. The van der Waals surface area contributed by atoms with E-state index in [2.05, 4.69) is 20.4 Å². The Hall–Kier alpha value is -1.63. The molecular formula is C11H19N5O2. The van der Waals surface area contributed by atoms with Gasteiger partial charge in [0, 0.05) is 26.6 Å². The molecule has 1 aromatic heterocycles. The van der Waals surface area contributed by atoms with Gasteiger partial charge in [-0.3, -0.25) is 0 Å². The van der Waals surface area contributed by atoms with Crippen LogP contribution >= 0.6 is 0 Å². The number of aliphatic hydroxyl groups is 1. The molecule has 2 N–H and O–H groups in total. The molecule has 0 spiro atoms. The monoisotopic (exact) mass is 253 g/mol. The first-order valence-corrected chi connectivity index (χ1v) is 6.19.